The smallest absolute Gasteiger partial charge is 0.338 e. The van der Waals surface area contributed by atoms with Gasteiger partial charge in [0.15, 0.2) is 0 Å². The van der Waals surface area contributed by atoms with Crippen LogP contribution < -0.4 is 0 Å². The highest BCUT2D eigenvalue weighted by Gasteiger charge is 2.17. The molecule has 0 atom stereocenters. The van der Waals surface area contributed by atoms with E-state index in [9.17, 15) is 4.79 Å². The van der Waals surface area contributed by atoms with Crippen LogP contribution in [0.15, 0.2) is 11.5 Å². The summed E-state index contributed by atoms with van der Waals surface area (Å²) >= 11 is 1.65. The lowest BCUT2D eigenvalue weighted by Gasteiger charge is -2.32. The Hall–Kier alpha value is -1.17. The summed E-state index contributed by atoms with van der Waals surface area (Å²) in [5.74, 6) is -0.238. The zero-order valence-corrected chi connectivity index (χ0v) is 15.5. The number of methoxy groups -OCH3 is 1. The monoisotopic (exact) mass is 336 g/mol. The summed E-state index contributed by atoms with van der Waals surface area (Å²) in [7, 11) is 3.62. The Bertz CT molecular complexity index is 557. The fourth-order valence-corrected chi connectivity index (χ4v) is 4.16. The Morgan fingerprint density at radius 2 is 2.04 bits per heavy atom. The molecular weight excluding hydrogens is 308 g/mol. The van der Waals surface area contributed by atoms with E-state index in [4.69, 9.17) is 4.74 Å². The molecule has 0 amide bonds. The van der Waals surface area contributed by atoms with E-state index >= 15 is 0 Å². The van der Waals surface area contributed by atoms with E-state index in [0.29, 0.717) is 5.56 Å². The van der Waals surface area contributed by atoms with Crippen molar-refractivity contribution in [2.24, 2.45) is 0 Å². The number of carbonyl (C=O) groups excluding carboxylic acids is 1. The number of hydrogen-bond acceptors (Lipinski definition) is 5. The molecule has 1 saturated heterocycles. The molecule has 1 aromatic rings. The molecule has 5 heteroatoms. The van der Waals surface area contributed by atoms with E-state index in [1.807, 2.05) is 12.3 Å². The third-order valence-electron chi connectivity index (χ3n) is 4.60. The average molecular weight is 337 g/mol. The lowest BCUT2D eigenvalue weighted by atomic mass is 10.0. The first kappa shape index (κ1) is 18.2. The highest BCUT2D eigenvalue weighted by Crippen LogP contribution is 2.31. The number of nitrogens with zero attached hydrogens (tertiary/aromatic N) is 2. The number of hydrogen-bond donors (Lipinski definition) is 0. The fourth-order valence-electron chi connectivity index (χ4n) is 3.00. The maximum Gasteiger partial charge on any atom is 0.338 e. The maximum atomic E-state index is 11.8. The van der Waals surface area contributed by atoms with Gasteiger partial charge in [0.2, 0.25) is 0 Å². The SMILES string of the molecule is C/C=C(/CCCN1CCN(C)CC1)c1scc(C(=O)OC)c1C. The van der Waals surface area contributed by atoms with Crippen LogP contribution in [0.1, 0.15) is 40.6 Å². The first-order chi connectivity index (χ1) is 11.1. The summed E-state index contributed by atoms with van der Waals surface area (Å²) in [6.07, 6.45) is 4.41. The molecule has 0 unspecified atom stereocenters. The second-order valence-electron chi connectivity index (χ2n) is 6.16. The van der Waals surface area contributed by atoms with E-state index in [0.717, 1.165) is 24.9 Å². The van der Waals surface area contributed by atoms with Crippen LogP contribution in [0, 0.1) is 6.92 Å². The van der Waals surface area contributed by atoms with Crippen LogP contribution in [0.4, 0.5) is 0 Å². The molecular formula is C18H28N2O2S. The zero-order valence-electron chi connectivity index (χ0n) is 14.7. The van der Waals surface area contributed by atoms with E-state index in [1.165, 1.54) is 43.7 Å². The van der Waals surface area contributed by atoms with E-state index in [2.05, 4.69) is 29.8 Å². The van der Waals surface area contributed by atoms with Gasteiger partial charge in [-0.3, -0.25) is 0 Å². The minimum absolute atomic E-state index is 0.238. The molecule has 1 aliphatic heterocycles. The average Bonchev–Trinajstić information content (AvgIpc) is 2.94. The Labute approximate surface area is 143 Å². The standard InChI is InChI=1S/C18H28N2O2S/c1-5-15(7-6-8-20-11-9-19(3)10-12-20)17-14(2)16(13-23-17)18(21)22-4/h5,13H,6-12H2,1-4H3/b15-5-. The molecule has 1 aromatic heterocycles. The van der Waals surface area contributed by atoms with Crippen molar-refractivity contribution in [1.82, 2.24) is 9.80 Å². The second-order valence-corrected chi connectivity index (χ2v) is 7.04. The van der Waals surface area contributed by atoms with Gasteiger partial charge < -0.3 is 14.5 Å². The fraction of sp³-hybridized carbons (Fsp3) is 0.611. The normalized spacial score (nSPS) is 17.5. The Morgan fingerprint density at radius 3 is 2.65 bits per heavy atom. The van der Waals surface area contributed by atoms with Crippen molar-refractivity contribution >= 4 is 22.9 Å². The number of piperazine rings is 1. The summed E-state index contributed by atoms with van der Waals surface area (Å²) in [4.78, 5) is 17.9. The van der Waals surface area contributed by atoms with Crippen molar-refractivity contribution in [3.8, 4) is 0 Å². The van der Waals surface area contributed by atoms with Crippen molar-refractivity contribution in [2.45, 2.75) is 26.7 Å². The predicted molar refractivity (Wildman–Crippen MR) is 97.2 cm³/mol. The lowest BCUT2D eigenvalue weighted by Crippen LogP contribution is -2.44. The zero-order chi connectivity index (χ0) is 16.8. The number of likely N-dealkylation sites (N-methyl/N-ethyl adjacent to an activating group) is 1. The van der Waals surface area contributed by atoms with Crippen LogP contribution in [-0.4, -0.2) is 62.7 Å². The number of rotatable bonds is 6. The van der Waals surface area contributed by atoms with Gasteiger partial charge in [0.1, 0.15) is 0 Å². The highest BCUT2D eigenvalue weighted by molar-refractivity contribution is 7.11. The topological polar surface area (TPSA) is 32.8 Å². The third kappa shape index (κ3) is 4.66. The van der Waals surface area contributed by atoms with Crippen LogP contribution in [0.3, 0.4) is 0 Å². The Balaban J connectivity index is 1.91. The molecule has 128 valence electrons. The molecule has 0 bridgehead atoms. The summed E-state index contributed by atoms with van der Waals surface area (Å²) in [5, 5.41) is 1.92. The van der Waals surface area contributed by atoms with Crippen LogP contribution in [0.25, 0.3) is 5.57 Å². The lowest BCUT2D eigenvalue weighted by molar-refractivity contribution is 0.0600. The van der Waals surface area contributed by atoms with Crippen molar-refractivity contribution in [1.29, 1.82) is 0 Å². The maximum absolute atomic E-state index is 11.8. The van der Waals surface area contributed by atoms with Gasteiger partial charge in [-0.15, -0.1) is 11.3 Å². The van der Waals surface area contributed by atoms with E-state index in [-0.39, 0.29) is 5.97 Å². The quantitative estimate of drug-likeness (QED) is 0.747. The molecule has 1 fully saturated rings. The van der Waals surface area contributed by atoms with Gasteiger partial charge in [0, 0.05) is 36.4 Å². The largest absolute Gasteiger partial charge is 0.465 e. The molecule has 0 N–H and O–H groups in total. The number of carbonyl (C=O) groups is 1. The van der Waals surface area contributed by atoms with E-state index < -0.39 is 0 Å². The summed E-state index contributed by atoms with van der Waals surface area (Å²) in [5.41, 5.74) is 3.09. The molecule has 23 heavy (non-hydrogen) atoms. The Morgan fingerprint density at radius 1 is 1.35 bits per heavy atom. The van der Waals surface area contributed by atoms with Crippen LogP contribution in [0.5, 0.6) is 0 Å². The summed E-state index contributed by atoms with van der Waals surface area (Å²) in [6, 6.07) is 0. The molecule has 2 heterocycles. The minimum Gasteiger partial charge on any atom is -0.465 e. The molecule has 0 aromatic carbocycles. The number of ether oxygens (including phenoxy) is 1. The van der Waals surface area contributed by atoms with Gasteiger partial charge >= 0.3 is 5.97 Å². The van der Waals surface area contributed by atoms with E-state index in [1.54, 1.807) is 11.3 Å². The van der Waals surface area contributed by atoms with Gasteiger partial charge in [0.25, 0.3) is 0 Å². The number of esters is 1. The first-order valence-corrected chi connectivity index (χ1v) is 9.17. The second kappa shape index (κ2) is 8.62. The molecule has 0 aliphatic carbocycles. The molecule has 4 nitrogen and oxygen atoms in total. The minimum atomic E-state index is -0.238. The molecule has 2 rings (SSSR count). The molecule has 1 aliphatic rings. The first-order valence-electron chi connectivity index (χ1n) is 8.29. The van der Waals surface area contributed by atoms with Gasteiger partial charge in [-0.1, -0.05) is 6.08 Å². The third-order valence-corrected chi connectivity index (χ3v) is 5.76. The van der Waals surface area contributed by atoms with Crippen molar-refractivity contribution < 1.29 is 9.53 Å². The summed E-state index contributed by atoms with van der Waals surface area (Å²) < 4.78 is 4.85. The Kier molecular flexibility index (Phi) is 6.81. The molecule has 0 radical (unpaired) electrons. The number of thiophene rings is 1. The van der Waals surface area contributed by atoms with Crippen LogP contribution in [-0.2, 0) is 4.74 Å². The van der Waals surface area contributed by atoms with Crippen molar-refractivity contribution in [3.05, 3.63) is 27.5 Å². The van der Waals surface area contributed by atoms with Crippen molar-refractivity contribution in [2.75, 3.05) is 46.9 Å². The molecule has 0 spiro atoms. The van der Waals surface area contributed by atoms with Gasteiger partial charge in [-0.05, 0) is 51.4 Å². The van der Waals surface area contributed by atoms with Crippen LogP contribution in [0.2, 0.25) is 0 Å². The van der Waals surface area contributed by atoms with Gasteiger partial charge in [0.05, 0.1) is 12.7 Å². The van der Waals surface area contributed by atoms with Gasteiger partial charge in [-0.2, -0.15) is 0 Å². The molecule has 0 saturated carbocycles. The van der Waals surface area contributed by atoms with Crippen LogP contribution >= 0.6 is 11.3 Å². The highest BCUT2D eigenvalue weighted by atomic mass is 32.1. The predicted octanol–water partition coefficient (Wildman–Crippen LogP) is 3.27. The van der Waals surface area contributed by atoms with Gasteiger partial charge in [-0.25, -0.2) is 4.79 Å². The summed E-state index contributed by atoms with van der Waals surface area (Å²) in [6.45, 7) is 9.94. The van der Waals surface area contributed by atoms with Crippen molar-refractivity contribution in [3.63, 3.8) is 0 Å². The number of allylic oxidation sites excluding steroid dienone is 2.